The standard InChI is InChI=1S/C20H20N2O6/c23-15(11-18(24)20(26)27)6-5-14-12-22(17-4-2-1-3-16(14)17)13-19(25)21-7-9-28-10-8-21/h1-6,11-12,24H,7-10,13H2,(H,26,27)/b6-5+,18-11-. The van der Waals surface area contributed by atoms with Gasteiger partial charge < -0.3 is 24.4 Å². The highest BCUT2D eigenvalue weighted by Gasteiger charge is 2.18. The van der Waals surface area contributed by atoms with E-state index < -0.39 is 17.5 Å². The molecule has 0 atom stereocenters. The molecular weight excluding hydrogens is 364 g/mol. The number of aromatic nitrogens is 1. The van der Waals surface area contributed by atoms with Crippen LogP contribution in [0.5, 0.6) is 0 Å². The van der Waals surface area contributed by atoms with E-state index in [9.17, 15) is 14.4 Å². The maximum Gasteiger partial charge on any atom is 0.371 e. The largest absolute Gasteiger partial charge is 0.502 e. The summed E-state index contributed by atoms with van der Waals surface area (Å²) in [6, 6.07) is 7.48. The van der Waals surface area contributed by atoms with Crippen LogP contribution in [-0.4, -0.2) is 63.6 Å². The Morgan fingerprint density at radius 3 is 2.54 bits per heavy atom. The number of carboxylic acid groups (broad SMARTS) is 1. The zero-order chi connectivity index (χ0) is 20.1. The third-order valence-electron chi connectivity index (χ3n) is 4.41. The lowest BCUT2D eigenvalue weighted by atomic mass is 10.1. The Hall–Kier alpha value is -3.39. The molecule has 8 nitrogen and oxygen atoms in total. The van der Waals surface area contributed by atoms with Crippen LogP contribution in [0, 0.1) is 0 Å². The number of nitrogens with zero attached hydrogens (tertiary/aromatic N) is 2. The molecule has 146 valence electrons. The molecule has 1 aromatic carbocycles. The molecule has 0 unspecified atom stereocenters. The van der Waals surface area contributed by atoms with Gasteiger partial charge in [0.2, 0.25) is 11.7 Å². The zero-order valence-corrected chi connectivity index (χ0v) is 15.1. The van der Waals surface area contributed by atoms with Crippen LogP contribution in [0.25, 0.3) is 17.0 Å². The number of amides is 1. The number of benzene rings is 1. The predicted molar refractivity (Wildman–Crippen MR) is 102 cm³/mol. The van der Waals surface area contributed by atoms with E-state index in [4.69, 9.17) is 14.9 Å². The molecule has 0 radical (unpaired) electrons. The first kappa shape index (κ1) is 19.4. The van der Waals surface area contributed by atoms with Gasteiger partial charge in [-0.05, 0) is 18.2 Å². The van der Waals surface area contributed by atoms with Crippen LogP contribution in [0.1, 0.15) is 5.56 Å². The van der Waals surface area contributed by atoms with E-state index >= 15 is 0 Å². The summed E-state index contributed by atoms with van der Waals surface area (Å²) in [7, 11) is 0. The summed E-state index contributed by atoms with van der Waals surface area (Å²) in [5, 5.41) is 18.6. The maximum atomic E-state index is 12.6. The molecule has 0 saturated carbocycles. The number of hydrogen-bond acceptors (Lipinski definition) is 5. The third-order valence-corrected chi connectivity index (χ3v) is 4.41. The van der Waals surface area contributed by atoms with Crippen molar-refractivity contribution >= 4 is 34.6 Å². The van der Waals surface area contributed by atoms with E-state index in [1.807, 2.05) is 28.8 Å². The average Bonchev–Trinajstić information content (AvgIpc) is 3.04. The van der Waals surface area contributed by atoms with Crippen LogP contribution in [0.2, 0.25) is 0 Å². The second-order valence-electron chi connectivity index (χ2n) is 6.29. The molecule has 2 aromatic rings. The number of hydrogen-bond donors (Lipinski definition) is 2. The summed E-state index contributed by atoms with van der Waals surface area (Å²) < 4.78 is 7.09. The number of allylic oxidation sites excluding steroid dienone is 2. The van der Waals surface area contributed by atoms with Gasteiger partial charge in [-0.15, -0.1) is 0 Å². The normalized spacial score (nSPS) is 15.3. The number of aliphatic carboxylic acids is 1. The summed E-state index contributed by atoms with van der Waals surface area (Å²) in [6.45, 7) is 2.37. The van der Waals surface area contributed by atoms with Gasteiger partial charge in [0.15, 0.2) is 5.78 Å². The Labute approximate surface area is 160 Å². The molecular formula is C20H20N2O6. The van der Waals surface area contributed by atoms with Crippen molar-refractivity contribution < 1.29 is 29.3 Å². The van der Waals surface area contributed by atoms with Crippen molar-refractivity contribution in [3.8, 4) is 0 Å². The third kappa shape index (κ3) is 4.47. The van der Waals surface area contributed by atoms with Crippen molar-refractivity contribution in [2.75, 3.05) is 26.3 Å². The molecule has 1 aliphatic rings. The van der Waals surface area contributed by atoms with Crippen LogP contribution in [0.3, 0.4) is 0 Å². The van der Waals surface area contributed by atoms with Gasteiger partial charge in [-0.3, -0.25) is 9.59 Å². The molecule has 1 amide bonds. The number of ether oxygens (including phenoxy) is 1. The fourth-order valence-corrected chi connectivity index (χ4v) is 3.01. The van der Waals surface area contributed by atoms with Crippen molar-refractivity contribution in [1.82, 2.24) is 9.47 Å². The molecule has 2 N–H and O–H groups in total. The minimum Gasteiger partial charge on any atom is -0.502 e. The Bertz CT molecular complexity index is 966. The molecule has 0 bridgehead atoms. The van der Waals surface area contributed by atoms with Crippen LogP contribution in [0.4, 0.5) is 0 Å². The lowest BCUT2D eigenvalue weighted by Crippen LogP contribution is -2.42. The highest BCUT2D eigenvalue weighted by atomic mass is 16.5. The fourth-order valence-electron chi connectivity index (χ4n) is 3.01. The molecule has 3 rings (SSSR count). The second kappa shape index (κ2) is 8.53. The molecule has 0 aliphatic carbocycles. The van der Waals surface area contributed by atoms with Crippen molar-refractivity contribution in [3.63, 3.8) is 0 Å². The molecule has 1 saturated heterocycles. The lowest BCUT2D eigenvalue weighted by Gasteiger charge is -2.27. The first-order valence-corrected chi connectivity index (χ1v) is 8.75. The van der Waals surface area contributed by atoms with Gasteiger partial charge >= 0.3 is 5.97 Å². The van der Waals surface area contributed by atoms with Gasteiger partial charge in [0, 0.05) is 41.8 Å². The van der Waals surface area contributed by atoms with Crippen LogP contribution in [0.15, 0.2) is 48.4 Å². The topological polar surface area (TPSA) is 109 Å². The quantitative estimate of drug-likeness (QED) is 0.579. The van der Waals surface area contributed by atoms with Crippen molar-refractivity contribution in [1.29, 1.82) is 0 Å². The van der Waals surface area contributed by atoms with Crippen molar-refractivity contribution in [2.24, 2.45) is 0 Å². The van der Waals surface area contributed by atoms with Gasteiger partial charge in [0.1, 0.15) is 6.54 Å². The van der Waals surface area contributed by atoms with Gasteiger partial charge in [0.25, 0.3) is 0 Å². The summed E-state index contributed by atoms with van der Waals surface area (Å²) in [6.07, 6.45) is 5.12. The SMILES string of the molecule is O=C(/C=C(\O)C(=O)O)/C=C/c1cn(CC(=O)N2CCOCC2)c2ccccc12. The van der Waals surface area contributed by atoms with Crippen molar-refractivity contribution in [2.45, 2.75) is 6.54 Å². The number of carbonyl (C=O) groups is 3. The number of carbonyl (C=O) groups excluding carboxylic acids is 2. The van der Waals surface area contributed by atoms with Crippen LogP contribution in [-0.2, 0) is 25.7 Å². The van der Waals surface area contributed by atoms with Gasteiger partial charge in [-0.25, -0.2) is 4.79 Å². The second-order valence-corrected chi connectivity index (χ2v) is 6.29. The molecule has 1 aliphatic heterocycles. The van der Waals surface area contributed by atoms with E-state index in [2.05, 4.69) is 0 Å². The average molecular weight is 384 g/mol. The van der Waals surface area contributed by atoms with E-state index in [-0.39, 0.29) is 12.5 Å². The fraction of sp³-hybridized carbons (Fsp3) is 0.250. The van der Waals surface area contributed by atoms with Crippen molar-refractivity contribution in [3.05, 3.63) is 53.9 Å². The number of carboxylic acids is 1. The minimum atomic E-state index is -1.57. The molecule has 0 spiro atoms. The maximum absolute atomic E-state index is 12.6. The van der Waals surface area contributed by atoms with E-state index in [1.165, 1.54) is 12.2 Å². The Morgan fingerprint density at radius 1 is 1.11 bits per heavy atom. The Kier molecular flexibility index (Phi) is 5.90. The molecule has 1 fully saturated rings. The van der Waals surface area contributed by atoms with Gasteiger partial charge in [0.05, 0.1) is 13.2 Å². The first-order chi connectivity index (χ1) is 13.5. The predicted octanol–water partition coefficient (Wildman–Crippen LogP) is 1.61. The van der Waals surface area contributed by atoms with Gasteiger partial charge in [-0.2, -0.15) is 0 Å². The number of aliphatic hydroxyl groups excluding tert-OH is 1. The number of para-hydroxylation sites is 1. The number of fused-ring (bicyclic) bond motifs is 1. The summed E-state index contributed by atoms with van der Waals surface area (Å²) in [5.74, 6) is -3.25. The Balaban J connectivity index is 1.83. The molecule has 2 heterocycles. The highest BCUT2D eigenvalue weighted by molar-refractivity contribution is 6.06. The first-order valence-electron chi connectivity index (χ1n) is 8.75. The number of ketones is 1. The zero-order valence-electron chi connectivity index (χ0n) is 15.1. The summed E-state index contributed by atoms with van der Waals surface area (Å²) in [4.78, 5) is 36.7. The smallest absolute Gasteiger partial charge is 0.371 e. The van der Waals surface area contributed by atoms with E-state index in [0.717, 1.165) is 10.9 Å². The number of morpholine rings is 1. The molecule has 28 heavy (non-hydrogen) atoms. The monoisotopic (exact) mass is 384 g/mol. The number of rotatable bonds is 6. The summed E-state index contributed by atoms with van der Waals surface area (Å²) in [5.41, 5.74) is 1.56. The van der Waals surface area contributed by atoms with Crippen LogP contribution < -0.4 is 0 Å². The lowest BCUT2D eigenvalue weighted by molar-refractivity contribution is -0.136. The van der Waals surface area contributed by atoms with E-state index in [1.54, 1.807) is 11.1 Å². The molecule has 1 aromatic heterocycles. The Morgan fingerprint density at radius 2 is 1.82 bits per heavy atom. The number of aliphatic hydroxyl groups is 1. The van der Waals surface area contributed by atoms with Gasteiger partial charge in [-0.1, -0.05) is 18.2 Å². The molecule has 8 heteroatoms. The minimum absolute atomic E-state index is 0.00928. The highest BCUT2D eigenvalue weighted by Crippen LogP contribution is 2.23. The van der Waals surface area contributed by atoms with E-state index in [0.29, 0.717) is 37.9 Å². The summed E-state index contributed by atoms with van der Waals surface area (Å²) >= 11 is 0. The van der Waals surface area contributed by atoms with Crippen LogP contribution >= 0.6 is 0 Å².